The molecule has 0 radical (unpaired) electrons. The smallest absolute Gasteiger partial charge is 0.460 e. The van der Waals surface area contributed by atoms with E-state index in [0.29, 0.717) is 0 Å². The second-order valence-corrected chi connectivity index (χ2v) is 37.3. The second kappa shape index (κ2) is 49.6. The fourth-order valence-electron chi connectivity index (χ4n) is 19.6. The molecule has 67 heteroatoms. The summed E-state index contributed by atoms with van der Waals surface area (Å²) in [6.45, 7) is -14.3. The Labute approximate surface area is 832 Å². The minimum absolute atomic E-state index is 0.0866. The molecule has 844 valence electrons. The van der Waals surface area contributed by atoms with Gasteiger partial charge in [-0.3, -0.25) is 0 Å². The van der Waals surface area contributed by atoms with Crippen molar-refractivity contribution in [3.8, 4) is 12.0 Å². The van der Waals surface area contributed by atoms with Crippen molar-refractivity contribution in [2.24, 2.45) is 0 Å². The lowest BCUT2D eigenvalue weighted by atomic mass is 9.80. The van der Waals surface area contributed by atoms with Gasteiger partial charge < -0.3 is 312 Å². The fourth-order valence-corrected chi connectivity index (χ4v) is 19.6. The van der Waals surface area contributed by atoms with Crippen molar-refractivity contribution >= 4 is 24.2 Å². The zero-order valence-corrected chi connectivity index (χ0v) is 77.1. The zero-order valence-electron chi connectivity index (χ0n) is 77.1. The number of nitrogens with one attached hydrogen (secondary N) is 1. The number of benzene rings is 1. The normalized spacial score (nSPS) is 50.6. The van der Waals surface area contributed by atoms with Crippen molar-refractivity contribution in [1.29, 1.82) is 0 Å². The number of hydrogen-bond acceptors (Lipinski definition) is 66. The molecule has 44 aliphatic heterocycles. The highest BCUT2D eigenvalue weighted by molar-refractivity contribution is 6.58. The van der Waals surface area contributed by atoms with E-state index in [1.807, 2.05) is 0 Å². The first kappa shape index (κ1) is 116. The van der Waals surface area contributed by atoms with E-state index in [9.17, 15) is 184 Å². The quantitative estimate of drug-likeness (QED) is 0.0581. The third kappa shape index (κ3) is 23.6. The van der Waals surface area contributed by atoms with E-state index in [0.717, 1.165) is 6.07 Å². The van der Waals surface area contributed by atoms with Crippen LogP contribution < -0.4 is 20.3 Å². The predicted molar refractivity (Wildman–Crippen MR) is 448 cm³/mol. The molecule has 0 spiro atoms. The molecule has 1 aromatic heterocycles. The van der Waals surface area contributed by atoms with Gasteiger partial charge in [-0.2, -0.15) is 9.97 Å². The van der Waals surface area contributed by atoms with Gasteiger partial charge in [-0.15, -0.1) is 4.98 Å². The zero-order chi connectivity index (χ0) is 107. The van der Waals surface area contributed by atoms with Gasteiger partial charge >= 0.3 is 19.1 Å². The van der Waals surface area contributed by atoms with Crippen molar-refractivity contribution in [2.45, 2.75) is 368 Å². The molecule has 2 aromatic rings. The van der Waals surface area contributed by atoms with E-state index in [-0.39, 0.29) is 11.2 Å². The molecule has 44 saturated heterocycles. The SMILES string of the molecule is OC[C@H]1O[C@@H]2O[C@H]3[C@H](O)[C@@H](O)[C@@H](O[C@H]4[C@H](O)[C@@H](O)[C@@H](O[C@H]5[C@H](O)[C@@H](O)[C@@H](O[C@H]6[C@H](O)[C@@H](O)[C@@H](O[C@H]7[C@H](O)[C@@H](O)[C@@H](O[C@H]1[C@H](O)[C@H]2O)O[C@@H]7CO)O[C@@H]6CO)O[C@@H]5COc1nc(Nc2cccc(B(O)O)c2)nc(OC[C@H]2O[C@@H]5O[C@H]6[C@H](O)[C@@H](O)[C@@H](O[C@H]7[C@H](O)[C@@H](O)[C@@H](O[C@H]8[C@H](O)[C@@H](O)[C@@H](O[C@H]9[C@H](O)[C@@H](O)[C@@H](O[C@H]%10[C@H](O)[C@@H](O)[C@@H](O[C@H]2[C@H](O)[C@H]5O)O[C@@H]%10CO)O[C@@H]9CO)O[C@@H]8CO)O[C@@H]7CO)O[C@@H]6CO)n1)O[C@@H]4CO)O[C@@H]3CO. The van der Waals surface area contributed by atoms with Crippen LogP contribution in [0.25, 0.3) is 0 Å². The molecule has 45 heterocycles. The molecule has 148 heavy (non-hydrogen) atoms. The highest BCUT2D eigenvalue weighted by atomic mass is 16.8. The summed E-state index contributed by atoms with van der Waals surface area (Å²) in [6.07, 6.45) is -133. The maximum Gasteiger partial charge on any atom is 0.488 e. The maximum absolute atomic E-state index is 12.5. The molecule has 44 fully saturated rings. The first-order valence-electron chi connectivity index (χ1n) is 47.0. The summed E-state index contributed by atoms with van der Waals surface area (Å²) in [7, 11) is -2.14. The number of anilines is 2. The highest BCUT2D eigenvalue weighted by Gasteiger charge is 2.64. The Kier molecular flexibility index (Phi) is 38.8. The van der Waals surface area contributed by atoms with Gasteiger partial charge in [0.2, 0.25) is 5.95 Å². The van der Waals surface area contributed by atoms with Crippen LogP contribution >= 0.6 is 0 Å². The second-order valence-electron chi connectivity index (χ2n) is 37.3. The van der Waals surface area contributed by atoms with Crippen LogP contribution in [0.2, 0.25) is 0 Å². The van der Waals surface area contributed by atoms with Gasteiger partial charge in [0.1, 0.15) is 306 Å². The summed E-state index contributed by atoms with van der Waals surface area (Å²) >= 11 is 0. The monoisotopic (exact) mass is 2160 g/mol. The first-order chi connectivity index (χ1) is 70.6. The van der Waals surface area contributed by atoms with Gasteiger partial charge in [-0.1, -0.05) is 12.1 Å². The number of ether oxygens (including phenoxy) is 26. The summed E-state index contributed by atoms with van der Waals surface area (Å²) in [5, 5.41) is 415. The van der Waals surface area contributed by atoms with Crippen molar-refractivity contribution in [3.63, 3.8) is 0 Å². The minimum atomic E-state index is -2.54. The molecule has 66 nitrogen and oxygen atoms in total. The maximum atomic E-state index is 12.5. The van der Waals surface area contributed by atoms with E-state index in [4.69, 9.17) is 123 Å². The fraction of sp³-hybridized carbons (Fsp3) is 0.889. The van der Waals surface area contributed by atoms with Crippen LogP contribution in [0.3, 0.4) is 0 Å². The first-order valence-corrected chi connectivity index (χ1v) is 47.0. The van der Waals surface area contributed by atoms with Gasteiger partial charge in [0, 0.05) is 5.69 Å². The lowest BCUT2D eigenvalue weighted by molar-refractivity contribution is -0.404. The molecule has 46 rings (SSSR count). The molecule has 0 unspecified atom stereocenters. The molecule has 44 aliphatic rings. The van der Waals surface area contributed by atoms with Gasteiger partial charge in [0.15, 0.2) is 75.5 Å². The minimum Gasteiger partial charge on any atom is -0.460 e. The lowest BCUT2D eigenvalue weighted by Gasteiger charge is -2.50. The number of rotatable bonds is 19. The third-order valence-corrected chi connectivity index (χ3v) is 27.8. The van der Waals surface area contributed by atoms with E-state index in [1.54, 1.807) is 0 Å². The molecular formula is C81H125BN4O62. The highest BCUT2D eigenvalue weighted by Crippen LogP contribution is 2.44. The van der Waals surface area contributed by atoms with Gasteiger partial charge in [-0.25, -0.2) is 0 Å². The Morgan fingerprint density at radius 3 is 0.520 bits per heavy atom. The molecule has 37 N–H and O–H groups in total. The number of hydrogen-bond donors (Lipinski definition) is 37. The number of nitrogens with zero attached hydrogens (tertiary/aromatic N) is 3. The predicted octanol–water partition coefficient (Wildman–Crippen LogP) is -26.0. The molecule has 0 amide bonds. The van der Waals surface area contributed by atoms with Crippen molar-refractivity contribution < 1.29 is 307 Å². The standard InChI is InChI=1S/C81H125BN4O62/c87-5-19-55-31(97)43(109)67(125-19)139-57-21(7-89)129-71(47(113)35(57)101)143-61-25(11-93)133-75(51(117)39(61)105)147-65-29(135-77(53(119)41(65)107)145-63-27(13-95)131-73(49(115)37(63)103)141-59-23(9-91)127-69(137-55)45(111)33(59)99)15-123-80-84-79(83-18-3-1-2-17(4-18)82(121)122)85-81(86-80)124-16-30-66-42(108)54(120)78(136-30)146-64-28(14-96)132-74(50(116)38(64)104)142-60-24(10-92)128-70(46(112)34(60)100)138-56-20(6-88)126-68(44(110)32(56)98)140-58-22(8-90)130-72(48(114)36(58)102)144-62-26(12-94)134-76(148-66)52(118)40(62)106/h1-4,19-78,87-122H,5-16H2,(H,83,84,85,86)/t19-,20-,21-,22-,23-,24-,25-,26-,27-,28-,29-,30-,31-,32-,33-,34-,35-,36-,37-,38-,39-,40-,41-,42-,43-,44-,45-,46-,47-,48-,49-,50-,51-,52-,53-,54-,55-,56-,57-,58-,59-,60-,61-,62-,63-,64-,65-,66-,67-,68-,69-,70-,71-,72-,73-,74-,75-,76-,77-,78-/m1/s1. The summed E-state index contributed by atoms with van der Waals surface area (Å²) < 4.78 is 154. The number of aliphatic hydroxyl groups is 34. The summed E-state index contributed by atoms with van der Waals surface area (Å²) in [5.41, 5.74) is -0.260. The molecule has 60 atom stereocenters. The Morgan fingerprint density at radius 2 is 0.365 bits per heavy atom. The van der Waals surface area contributed by atoms with E-state index in [2.05, 4.69) is 20.3 Å². The van der Waals surface area contributed by atoms with Crippen molar-refractivity contribution in [1.82, 2.24) is 15.0 Å². The van der Waals surface area contributed by atoms with Crippen LogP contribution in [0, 0.1) is 0 Å². The molecule has 0 aliphatic carbocycles. The van der Waals surface area contributed by atoms with Crippen LogP contribution in [0.15, 0.2) is 24.3 Å². The van der Waals surface area contributed by atoms with Gasteiger partial charge in [0.25, 0.3) is 0 Å². The average molecular weight is 2160 g/mol. The number of aliphatic hydroxyl groups excluding tert-OH is 34. The molecule has 1 aromatic carbocycles. The van der Waals surface area contributed by atoms with Crippen LogP contribution in [0.1, 0.15) is 0 Å². The summed E-state index contributed by atoms with van der Waals surface area (Å²) in [4.78, 5) is 12.8. The Hall–Kier alpha value is -4.71. The largest absolute Gasteiger partial charge is 0.488 e. The Morgan fingerprint density at radius 1 is 0.209 bits per heavy atom. The Balaban J connectivity index is 0.716. The average Bonchev–Trinajstić information content (AvgIpc) is 0.756. The van der Waals surface area contributed by atoms with Crippen LogP contribution in [-0.2, 0) is 114 Å². The van der Waals surface area contributed by atoms with Gasteiger partial charge in [-0.05, 0) is 17.6 Å². The number of aromatic nitrogens is 3. The summed E-state index contributed by atoms with van der Waals surface area (Å²) in [6, 6.07) is 3.06. The molecular weight excluding hydrogens is 2030 g/mol. The van der Waals surface area contributed by atoms with Crippen LogP contribution in [0.4, 0.5) is 11.6 Å². The third-order valence-electron chi connectivity index (χ3n) is 27.8. The van der Waals surface area contributed by atoms with E-state index < -0.39 is 473 Å². The van der Waals surface area contributed by atoms with E-state index in [1.165, 1.54) is 18.2 Å². The van der Waals surface area contributed by atoms with Crippen molar-refractivity contribution in [3.05, 3.63) is 24.3 Å². The van der Waals surface area contributed by atoms with Crippen molar-refractivity contribution in [2.75, 3.05) is 84.6 Å². The summed E-state index contributed by atoms with van der Waals surface area (Å²) in [5.74, 6) is -0.686. The van der Waals surface area contributed by atoms with Crippen LogP contribution in [0.5, 0.6) is 12.0 Å². The topological polar surface area (TPSA) is 1020 Å². The molecule has 0 saturated carbocycles. The van der Waals surface area contributed by atoms with Gasteiger partial charge in [0.05, 0.1) is 66.1 Å². The Bertz CT molecular complexity index is 4210. The molecule has 24 bridgehead atoms. The lowest BCUT2D eigenvalue weighted by Crippen LogP contribution is -2.69. The van der Waals surface area contributed by atoms with E-state index >= 15 is 0 Å². The van der Waals surface area contributed by atoms with Crippen LogP contribution in [-0.4, -0.2) is 653 Å².